The summed E-state index contributed by atoms with van der Waals surface area (Å²) in [4.78, 5) is 21.3. The lowest BCUT2D eigenvalue weighted by Gasteiger charge is -2.36. The molecule has 4 rings (SSSR count). The fraction of sp³-hybridized carbons (Fsp3) is 0.474. The number of fused-ring (bicyclic) bond motifs is 1. The van der Waals surface area contributed by atoms with Gasteiger partial charge in [0.2, 0.25) is 5.13 Å². The summed E-state index contributed by atoms with van der Waals surface area (Å²) in [5, 5.41) is 5.73. The molecule has 0 amide bonds. The van der Waals surface area contributed by atoms with Crippen LogP contribution in [-0.4, -0.2) is 70.0 Å². The Morgan fingerprint density at radius 3 is 2.86 bits per heavy atom. The van der Waals surface area contributed by atoms with Crippen molar-refractivity contribution < 1.29 is 0 Å². The Balaban J connectivity index is 0.00000240. The SMILES string of the molecule is CCc1nsc(N2CCN(C(=NC)NCCc3c[nH]c4ncccc34)CC2)n1.I. The Labute approximate surface area is 192 Å². The van der Waals surface area contributed by atoms with Crippen LogP contribution in [0.15, 0.2) is 29.5 Å². The first-order valence-corrected chi connectivity index (χ1v) is 10.5. The van der Waals surface area contributed by atoms with Crippen LogP contribution in [0.2, 0.25) is 0 Å². The highest BCUT2D eigenvalue weighted by molar-refractivity contribution is 14.0. The number of hydrogen-bond donors (Lipinski definition) is 2. The molecule has 1 saturated heterocycles. The molecule has 4 heterocycles. The number of halogens is 1. The second-order valence-electron chi connectivity index (χ2n) is 6.76. The van der Waals surface area contributed by atoms with E-state index in [1.54, 1.807) is 0 Å². The number of rotatable bonds is 5. The quantitative estimate of drug-likeness (QED) is 0.302. The summed E-state index contributed by atoms with van der Waals surface area (Å²) in [6.45, 7) is 6.66. The first-order valence-electron chi connectivity index (χ1n) is 9.72. The molecule has 156 valence electrons. The van der Waals surface area contributed by atoms with Crippen molar-refractivity contribution in [3.8, 4) is 0 Å². The minimum Gasteiger partial charge on any atom is -0.356 e. The molecular formula is C19H27IN8S. The normalized spacial score (nSPS) is 14.9. The van der Waals surface area contributed by atoms with E-state index in [0.29, 0.717) is 0 Å². The van der Waals surface area contributed by atoms with Gasteiger partial charge < -0.3 is 20.1 Å². The zero-order valence-electron chi connectivity index (χ0n) is 16.8. The van der Waals surface area contributed by atoms with Gasteiger partial charge in [0, 0.05) is 75.5 Å². The maximum Gasteiger partial charge on any atom is 0.205 e. The second kappa shape index (κ2) is 10.2. The first-order chi connectivity index (χ1) is 13.8. The van der Waals surface area contributed by atoms with Gasteiger partial charge in [-0.25, -0.2) is 9.97 Å². The molecule has 10 heteroatoms. The lowest BCUT2D eigenvalue weighted by atomic mass is 10.1. The van der Waals surface area contributed by atoms with E-state index in [1.807, 2.05) is 25.5 Å². The fourth-order valence-electron chi connectivity index (χ4n) is 3.49. The van der Waals surface area contributed by atoms with Crippen molar-refractivity contribution in [1.82, 2.24) is 29.5 Å². The first kappa shape index (κ1) is 21.8. The minimum atomic E-state index is 0. The molecule has 1 aliphatic rings. The molecule has 0 aromatic carbocycles. The number of aliphatic imine (C=N–C) groups is 1. The van der Waals surface area contributed by atoms with Crippen LogP contribution >= 0.6 is 35.5 Å². The van der Waals surface area contributed by atoms with E-state index in [2.05, 4.69) is 52.4 Å². The Bertz CT molecular complexity index is 944. The van der Waals surface area contributed by atoms with Crippen LogP contribution in [0.5, 0.6) is 0 Å². The number of nitrogens with one attached hydrogen (secondary N) is 2. The standard InChI is InChI=1S/C19H26N8S.HI/c1-3-16-24-19(28-25-16)27-11-9-26(10-12-27)18(20-2)22-8-6-14-13-23-17-15(14)5-4-7-21-17;/h4-5,7,13H,3,6,8-12H2,1-2H3,(H,20,22)(H,21,23);1H. The maximum atomic E-state index is 4.61. The van der Waals surface area contributed by atoms with Gasteiger partial charge in [-0.15, -0.1) is 24.0 Å². The Hall–Kier alpha value is -1.95. The van der Waals surface area contributed by atoms with Crippen LogP contribution in [0.1, 0.15) is 18.3 Å². The summed E-state index contributed by atoms with van der Waals surface area (Å²) in [5.74, 6) is 1.90. The highest BCUT2D eigenvalue weighted by Gasteiger charge is 2.22. The predicted molar refractivity (Wildman–Crippen MR) is 130 cm³/mol. The molecule has 29 heavy (non-hydrogen) atoms. The van der Waals surface area contributed by atoms with Gasteiger partial charge in [-0.2, -0.15) is 4.37 Å². The van der Waals surface area contributed by atoms with Crippen molar-refractivity contribution in [2.24, 2.45) is 4.99 Å². The van der Waals surface area contributed by atoms with Gasteiger partial charge in [-0.1, -0.05) is 6.92 Å². The number of hydrogen-bond acceptors (Lipinski definition) is 6. The molecule has 0 unspecified atom stereocenters. The number of H-pyrrole nitrogens is 1. The third-order valence-electron chi connectivity index (χ3n) is 5.05. The van der Waals surface area contributed by atoms with Crippen LogP contribution in [0.4, 0.5) is 5.13 Å². The lowest BCUT2D eigenvalue weighted by Crippen LogP contribution is -2.52. The molecule has 0 aliphatic carbocycles. The Morgan fingerprint density at radius 2 is 2.14 bits per heavy atom. The van der Waals surface area contributed by atoms with Crippen molar-refractivity contribution >= 4 is 57.6 Å². The highest BCUT2D eigenvalue weighted by Crippen LogP contribution is 2.19. The Morgan fingerprint density at radius 1 is 1.31 bits per heavy atom. The van der Waals surface area contributed by atoms with Gasteiger partial charge in [0.15, 0.2) is 5.96 Å². The van der Waals surface area contributed by atoms with Crippen molar-refractivity contribution in [2.45, 2.75) is 19.8 Å². The molecule has 3 aromatic heterocycles. The number of piperazine rings is 1. The molecule has 3 aromatic rings. The van der Waals surface area contributed by atoms with Gasteiger partial charge in [-0.3, -0.25) is 4.99 Å². The molecule has 1 fully saturated rings. The number of aryl methyl sites for hydroxylation is 1. The number of aromatic amines is 1. The predicted octanol–water partition coefficient (Wildman–Crippen LogP) is 2.53. The molecular weight excluding hydrogens is 499 g/mol. The summed E-state index contributed by atoms with van der Waals surface area (Å²) < 4.78 is 4.40. The van der Waals surface area contributed by atoms with Crippen LogP contribution in [0.25, 0.3) is 11.0 Å². The van der Waals surface area contributed by atoms with Gasteiger partial charge in [0.1, 0.15) is 11.5 Å². The van der Waals surface area contributed by atoms with Gasteiger partial charge in [0.25, 0.3) is 0 Å². The average Bonchev–Trinajstić information content (AvgIpc) is 3.39. The molecule has 1 aliphatic heterocycles. The van der Waals surface area contributed by atoms with E-state index >= 15 is 0 Å². The summed E-state index contributed by atoms with van der Waals surface area (Å²) in [5.41, 5.74) is 2.22. The fourth-order valence-corrected chi connectivity index (χ4v) is 4.29. The van der Waals surface area contributed by atoms with Crippen molar-refractivity contribution in [2.75, 3.05) is 44.7 Å². The van der Waals surface area contributed by atoms with Crippen molar-refractivity contribution in [3.63, 3.8) is 0 Å². The van der Waals surface area contributed by atoms with E-state index in [-0.39, 0.29) is 24.0 Å². The molecule has 0 atom stereocenters. The summed E-state index contributed by atoms with van der Waals surface area (Å²) in [6, 6.07) is 4.09. The van der Waals surface area contributed by atoms with E-state index in [1.165, 1.54) is 22.5 Å². The largest absolute Gasteiger partial charge is 0.356 e. The third-order valence-corrected chi connectivity index (χ3v) is 5.86. The molecule has 2 N–H and O–H groups in total. The zero-order chi connectivity index (χ0) is 19.3. The van der Waals surface area contributed by atoms with E-state index < -0.39 is 0 Å². The Kier molecular flexibility index (Phi) is 7.64. The van der Waals surface area contributed by atoms with Crippen molar-refractivity contribution in [1.29, 1.82) is 0 Å². The van der Waals surface area contributed by atoms with Gasteiger partial charge in [0.05, 0.1) is 0 Å². The summed E-state index contributed by atoms with van der Waals surface area (Å²) in [6.07, 6.45) is 5.68. The number of anilines is 1. The van der Waals surface area contributed by atoms with E-state index in [0.717, 1.165) is 68.1 Å². The number of guanidine groups is 1. The zero-order valence-corrected chi connectivity index (χ0v) is 19.9. The highest BCUT2D eigenvalue weighted by atomic mass is 127. The average molecular weight is 526 g/mol. The monoisotopic (exact) mass is 526 g/mol. The summed E-state index contributed by atoms with van der Waals surface area (Å²) in [7, 11) is 1.85. The lowest BCUT2D eigenvalue weighted by molar-refractivity contribution is 0.372. The van der Waals surface area contributed by atoms with Crippen LogP contribution < -0.4 is 10.2 Å². The molecule has 0 radical (unpaired) electrons. The minimum absolute atomic E-state index is 0. The van der Waals surface area contributed by atoms with Crippen molar-refractivity contribution in [3.05, 3.63) is 35.9 Å². The third kappa shape index (κ3) is 4.97. The van der Waals surface area contributed by atoms with E-state index in [9.17, 15) is 0 Å². The van der Waals surface area contributed by atoms with Crippen LogP contribution in [0.3, 0.4) is 0 Å². The van der Waals surface area contributed by atoms with Gasteiger partial charge in [-0.05, 0) is 24.1 Å². The molecule has 0 bridgehead atoms. The molecule has 8 nitrogen and oxygen atoms in total. The number of nitrogens with zero attached hydrogens (tertiary/aromatic N) is 6. The molecule has 0 spiro atoms. The number of aromatic nitrogens is 4. The smallest absolute Gasteiger partial charge is 0.205 e. The van der Waals surface area contributed by atoms with Crippen LogP contribution in [-0.2, 0) is 12.8 Å². The van der Waals surface area contributed by atoms with Gasteiger partial charge >= 0.3 is 0 Å². The maximum absolute atomic E-state index is 4.61. The second-order valence-corrected chi connectivity index (χ2v) is 7.49. The molecule has 0 saturated carbocycles. The van der Waals surface area contributed by atoms with E-state index in [4.69, 9.17) is 0 Å². The van der Waals surface area contributed by atoms with Crippen LogP contribution in [0, 0.1) is 0 Å². The number of pyridine rings is 1. The summed E-state index contributed by atoms with van der Waals surface area (Å²) >= 11 is 1.50. The topological polar surface area (TPSA) is 85.3 Å².